The van der Waals surface area contributed by atoms with Crippen LogP contribution < -0.4 is 14.9 Å². The first-order valence-corrected chi connectivity index (χ1v) is 9.58. The second-order valence-electron chi connectivity index (χ2n) is 7.06. The summed E-state index contributed by atoms with van der Waals surface area (Å²) in [5.74, 6) is -6.33. The number of nitriles is 1. The molecule has 0 aliphatic rings. The van der Waals surface area contributed by atoms with Gasteiger partial charge in [0.25, 0.3) is 0 Å². The van der Waals surface area contributed by atoms with Crippen molar-refractivity contribution in [1.82, 2.24) is 9.97 Å². The van der Waals surface area contributed by atoms with Gasteiger partial charge < -0.3 is 14.5 Å². The summed E-state index contributed by atoms with van der Waals surface area (Å²) in [4.78, 5) is 19.2. The Hall–Kier alpha value is -4.53. The highest BCUT2D eigenvalue weighted by molar-refractivity contribution is 5.85. The third kappa shape index (κ3) is 4.23. The highest BCUT2D eigenvalue weighted by atomic mass is 19.4. The van der Waals surface area contributed by atoms with Crippen molar-refractivity contribution < 1.29 is 35.8 Å². The van der Waals surface area contributed by atoms with E-state index in [4.69, 9.17) is 9.47 Å². The Balaban J connectivity index is 1.99. The zero-order chi connectivity index (χ0) is 25.5. The number of hydrogen-bond donors (Lipinski definition) is 1. The van der Waals surface area contributed by atoms with Gasteiger partial charge in [-0.3, -0.25) is 4.79 Å². The molecule has 0 atom stereocenters. The lowest BCUT2D eigenvalue weighted by Crippen LogP contribution is -2.10. The van der Waals surface area contributed by atoms with E-state index in [0.717, 1.165) is 19.2 Å². The molecule has 12 heteroatoms. The van der Waals surface area contributed by atoms with Crippen molar-refractivity contribution in [3.8, 4) is 34.6 Å². The van der Waals surface area contributed by atoms with Crippen LogP contribution in [0.5, 0.6) is 17.2 Å². The molecule has 0 amide bonds. The molecular weight excluding hydrogens is 480 g/mol. The third-order valence-corrected chi connectivity index (χ3v) is 4.95. The molecule has 4 rings (SSSR count). The number of methoxy groups -OCH3 is 1. The molecule has 0 aliphatic heterocycles. The summed E-state index contributed by atoms with van der Waals surface area (Å²) in [6.07, 6.45) is -3.90. The maximum Gasteiger partial charge on any atom is 0.419 e. The minimum Gasteiger partial charge on any atom is -0.490 e. The van der Waals surface area contributed by atoms with Crippen LogP contribution in [-0.4, -0.2) is 17.1 Å². The van der Waals surface area contributed by atoms with E-state index in [1.165, 1.54) is 12.3 Å². The lowest BCUT2D eigenvalue weighted by Gasteiger charge is -2.17. The highest BCUT2D eigenvalue weighted by Crippen LogP contribution is 2.43. The van der Waals surface area contributed by atoms with Gasteiger partial charge >= 0.3 is 6.18 Å². The van der Waals surface area contributed by atoms with Gasteiger partial charge in [-0.1, -0.05) is 0 Å². The fraction of sp³-hybridized carbons (Fsp3) is 0.0870. The maximum absolute atomic E-state index is 14.5. The molecule has 0 spiro atoms. The number of aromatic nitrogens is 2. The van der Waals surface area contributed by atoms with E-state index < -0.39 is 51.9 Å². The molecule has 4 aromatic rings. The van der Waals surface area contributed by atoms with Crippen molar-refractivity contribution in [3.63, 3.8) is 0 Å². The van der Waals surface area contributed by atoms with Gasteiger partial charge in [0, 0.05) is 17.8 Å². The second-order valence-corrected chi connectivity index (χ2v) is 7.06. The number of pyridine rings is 2. The molecule has 2 aromatic heterocycles. The third-order valence-electron chi connectivity index (χ3n) is 4.95. The molecule has 2 heterocycles. The number of ether oxygens (including phenoxy) is 2. The standard InChI is InChI=1S/C23H11F6N3O3/c1-34-22-18(3-2-12(24)21(22)26)35-19-7-11(23(27,28)29)13(25)6-10(19)15-8-17(33)20-14(32-15)4-5-31-16(20)9-30/h2-8H,1H3,(H,32,33). The number of fused-ring (bicyclic) bond motifs is 1. The van der Waals surface area contributed by atoms with E-state index in [0.29, 0.717) is 18.2 Å². The van der Waals surface area contributed by atoms with Gasteiger partial charge in [-0.25, -0.2) is 13.8 Å². The van der Waals surface area contributed by atoms with Crippen LogP contribution in [0, 0.1) is 28.8 Å². The largest absolute Gasteiger partial charge is 0.490 e. The molecule has 6 nitrogen and oxygen atoms in total. The van der Waals surface area contributed by atoms with Gasteiger partial charge in [0.05, 0.1) is 29.3 Å². The van der Waals surface area contributed by atoms with Crippen molar-refractivity contribution in [2.45, 2.75) is 6.18 Å². The number of alkyl halides is 3. The van der Waals surface area contributed by atoms with Crippen molar-refractivity contribution in [3.05, 3.63) is 81.5 Å². The minimum absolute atomic E-state index is 0.0872. The van der Waals surface area contributed by atoms with E-state index in [1.807, 2.05) is 0 Å². The number of H-pyrrole nitrogens is 1. The fourth-order valence-electron chi connectivity index (χ4n) is 3.40. The number of benzene rings is 2. The molecule has 0 saturated heterocycles. The zero-order valence-corrected chi connectivity index (χ0v) is 17.4. The van der Waals surface area contributed by atoms with Crippen molar-refractivity contribution in [2.75, 3.05) is 7.11 Å². The van der Waals surface area contributed by atoms with Crippen LogP contribution in [0.15, 0.2) is 47.4 Å². The summed E-state index contributed by atoms with van der Waals surface area (Å²) in [6.45, 7) is 0. The average Bonchev–Trinajstić information content (AvgIpc) is 2.81. The fourth-order valence-corrected chi connectivity index (χ4v) is 3.40. The number of rotatable bonds is 4. The summed E-state index contributed by atoms with van der Waals surface area (Å²) < 4.78 is 92.6. The first kappa shape index (κ1) is 23.6. The van der Waals surface area contributed by atoms with Gasteiger partial charge in [-0.15, -0.1) is 0 Å². The number of aromatic amines is 1. The SMILES string of the molecule is COc1c(Oc2cc(C(F)(F)F)c(F)cc2-c2cc(=O)c3c(C#N)nccc3[nH]2)ccc(F)c1F. The van der Waals surface area contributed by atoms with E-state index in [-0.39, 0.29) is 27.9 Å². The van der Waals surface area contributed by atoms with Gasteiger partial charge in [0.15, 0.2) is 22.7 Å². The summed E-state index contributed by atoms with van der Waals surface area (Å²) in [6, 6.07) is 6.37. The lowest BCUT2D eigenvalue weighted by atomic mass is 10.0. The Kier molecular flexibility index (Phi) is 5.86. The zero-order valence-electron chi connectivity index (χ0n) is 17.4. The predicted octanol–water partition coefficient (Wildman–Crippen LogP) is 5.70. The van der Waals surface area contributed by atoms with Crippen LogP contribution in [0.1, 0.15) is 11.3 Å². The van der Waals surface area contributed by atoms with Crippen LogP contribution in [0.4, 0.5) is 26.3 Å². The van der Waals surface area contributed by atoms with Gasteiger partial charge in [0.2, 0.25) is 11.6 Å². The Morgan fingerprint density at radius 1 is 1.03 bits per heavy atom. The van der Waals surface area contributed by atoms with Crippen molar-refractivity contribution in [1.29, 1.82) is 5.26 Å². The molecule has 0 fully saturated rings. The average molecular weight is 491 g/mol. The monoisotopic (exact) mass is 491 g/mol. The number of nitrogens with zero attached hydrogens (tertiary/aromatic N) is 2. The molecule has 1 N–H and O–H groups in total. The molecule has 0 aliphatic carbocycles. The second kappa shape index (κ2) is 8.68. The quantitative estimate of drug-likeness (QED) is 0.370. The van der Waals surface area contributed by atoms with Crippen LogP contribution in [0.3, 0.4) is 0 Å². The van der Waals surface area contributed by atoms with Gasteiger partial charge in [0.1, 0.15) is 17.6 Å². The first-order valence-electron chi connectivity index (χ1n) is 9.58. The minimum atomic E-state index is -5.12. The van der Waals surface area contributed by atoms with Gasteiger partial charge in [-0.05, 0) is 30.3 Å². The summed E-state index contributed by atoms with van der Waals surface area (Å²) >= 11 is 0. The summed E-state index contributed by atoms with van der Waals surface area (Å²) in [5.41, 5.74) is -3.06. The Morgan fingerprint density at radius 2 is 1.77 bits per heavy atom. The number of hydrogen-bond acceptors (Lipinski definition) is 5. The van der Waals surface area contributed by atoms with Gasteiger partial charge in [-0.2, -0.15) is 22.8 Å². The number of halogens is 6. The van der Waals surface area contributed by atoms with Crippen molar-refractivity contribution in [2.24, 2.45) is 0 Å². The Labute approximate surface area is 192 Å². The van der Waals surface area contributed by atoms with Crippen molar-refractivity contribution >= 4 is 10.9 Å². The van der Waals surface area contributed by atoms with Crippen LogP contribution >= 0.6 is 0 Å². The highest BCUT2D eigenvalue weighted by Gasteiger charge is 2.36. The predicted molar refractivity (Wildman–Crippen MR) is 110 cm³/mol. The van der Waals surface area contributed by atoms with Crippen LogP contribution in [-0.2, 0) is 6.18 Å². The molecule has 0 radical (unpaired) electrons. The molecule has 0 unspecified atom stereocenters. The molecule has 35 heavy (non-hydrogen) atoms. The lowest BCUT2D eigenvalue weighted by molar-refractivity contribution is -0.140. The van der Waals surface area contributed by atoms with E-state index >= 15 is 0 Å². The summed E-state index contributed by atoms with van der Waals surface area (Å²) in [7, 11) is 0.985. The molecule has 178 valence electrons. The van der Waals surface area contributed by atoms with Crippen LogP contribution in [0.2, 0.25) is 0 Å². The first-order chi connectivity index (χ1) is 16.5. The molecule has 0 saturated carbocycles. The van der Waals surface area contributed by atoms with E-state index in [2.05, 4.69) is 9.97 Å². The maximum atomic E-state index is 14.5. The summed E-state index contributed by atoms with van der Waals surface area (Å²) in [5, 5.41) is 9.09. The molecule has 2 aromatic carbocycles. The Morgan fingerprint density at radius 3 is 2.43 bits per heavy atom. The number of nitrogens with one attached hydrogen (secondary N) is 1. The topological polar surface area (TPSA) is 88.0 Å². The smallest absolute Gasteiger partial charge is 0.419 e. The van der Waals surface area contributed by atoms with E-state index in [9.17, 15) is 36.4 Å². The Bertz CT molecular complexity index is 1570. The molecule has 0 bridgehead atoms. The van der Waals surface area contributed by atoms with Crippen LogP contribution in [0.25, 0.3) is 22.2 Å². The molecular formula is C23H11F6N3O3. The van der Waals surface area contributed by atoms with E-state index in [1.54, 1.807) is 6.07 Å². The normalized spacial score (nSPS) is 11.4.